The quantitative estimate of drug-likeness (QED) is 0.853. The predicted octanol–water partition coefficient (Wildman–Crippen LogP) is 2.75. The molecule has 0 aliphatic carbocycles. The number of pyridine rings is 1. The number of carbonyl (C=O) groups is 2. The Morgan fingerprint density at radius 2 is 1.79 bits per heavy atom. The summed E-state index contributed by atoms with van der Waals surface area (Å²) in [4.78, 5) is 32.1. The Labute approximate surface area is 164 Å². The number of aromatic nitrogens is 1. The molecule has 3 rings (SSSR count). The molecule has 1 aliphatic heterocycles. The number of anilines is 2. The van der Waals surface area contributed by atoms with Gasteiger partial charge in [0.15, 0.2) is 0 Å². The molecule has 1 N–H and O–H groups in total. The van der Waals surface area contributed by atoms with E-state index in [9.17, 15) is 9.59 Å². The Bertz CT molecular complexity index is 834. The first-order valence-electron chi connectivity index (χ1n) is 9.19. The molecule has 28 heavy (non-hydrogen) atoms. The van der Waals surface area contributed by atoms with Crippen molar-refractivity contribution in [3.05, 3.63) is 48.3 Å². The van der Waals surface area contributed by atoms with Gasteiger partial charge in [-0.05, 0) is 31.2 Å². The molecular formula is C20H24N4O4. The molecule has 0 unspecified atom stereocenters. The average Bonchev–Trinajstić information content (AvgIpc) is 2.74. The number of hydrogen-bond donors (Lipinski definition) is 1. The Morgan fingerprint density at radius 1 is 1.07 bits per heavy atom. The number of rotatable bonds is 5. The minimum Gasteiger partial charge on any atom is -0.497 e. The molecular weight excluding hydrogens is 360 g/mol. The molecule has 148 valence electrons. The third kappa shape index (κ3) is 4.70. The summed E-state index contributed by atoms with van der Waals surface area (Å²) in [5.41, 5.74) is 1.97. The number of nitrogens with zero attached hydrogens (tertiary/aromatic N) is 3. The first-order chi connectivity index (χ1) is 13.6. The summed E-state index contributed by atoms with van der Waals surface area (Å²) in [6.45, 7) is 3.92. The average molecular weight is 384 g/mol. The van der Waals surface area contributed by atoms with Crippen LogP contribution in [0.1, 0.15) is 17.4 Å². The lowest BCUT2D eigenvalue weighted by Gasteiger charge is -2.33. The van der Waals surface area contributed by atoms with Gasteiger partial charge in [0.25, 0.3) is 5.91 Å². The van der Waals surface area contributed by atoms with Crippen LogP contribution in [0.5, 0.6) is 5.75 Å². The van der Waals surface area contributed by atoms with Crippen LogP contribution in [0.4, 0.5) is 16.2 Å². The lowest BCUT2D eigenvalue weighted by atomic mass is 10.2. The lowest BCUT2D eigenvalue weighted by molar-refractivity contribution is 0.0566. The smallest absolute Gasteiger partial charge is 0.409 e. The maximum atomic E-state index is 12.8. The Morgan fingerprint density at radius 3 is 2.50 bits per heavy atom. The SMILES string of the molecule is CCOC(=O)N1CCN(C(=O)c2cc(Nc3cccc(OC)c3)ccn2)CC1. The van der Waals surface area contributed by atoms with Crippen molar-refractivity contribution in [3.63, 3.8) is 0 Å². The van der Waals surface area contributed by atoms with Gasteiger partial charge >= 0.3 is 6.09 Å². The van der Waals surface area contributed by atoms with E-state index in [0.717, 1.165) is 17.1 Å². The van der Waals surface area contributed by atoms with E-state index in [1.165, 1.54) is 0 Å². The highest BCUT2D eigenvalue weighted by Crippen LogP contribution is 2.22. The van der Waals surface area contributed by atoms with Crippen LogP contribution in [0.2, 0.25) is 0 Å². The van der Waals surface area contributed by atoms with Crippen molar-refractivity contribution in [2.24, 2.45) is 0 Å². The Balaban J connectivity index is 1.63. The van der Waals surface area contributed by atoms with Gasteiger partial charge < -0.3 is 24.6 Å². The zero-order valence-electron chi connectivity index (χ0n) is 16.1. The van der Waals surface area contributed by atoms with Gasteiger partial charge in [-0.3, -0.25) is 9.78 Å². The number of piperazine rings is 1. The number of amides is 2. The monoisotopic (exact) mass is 384 g/mol. The first-order valence-corrected chi connectivity index (χ1v) is 9.19. The van der Waals surface area contributed by atoms with Gasteiger partial charge in [0.1, 0.15) is 11.4 Å². The second-order valence-electron chi connectivity index (χ2n) is 6.26. The minimum absolute atomic E-state index is 0.155. The van der Waals surface area contributed by atoms with Crippen molar-refractivity contribution in [2.75, 3.05) is 45.2 Å². The fourth-order valence-corrected chi connectivity index (χ4v) is 2.96. The highest BCUT2D eigenvalue weighted by Gasteiger charge is 2.26. The van der Waals surface area contributed by atoms with Crippen LogP contribution in [0, 0.1) is 0 Å². The van der Waals surface area contributed by atoms with Crippen LogP contribution in [0.3, 0.4) is 0 Å². The molecule has 1 saturated heterocycles. The van der Waals surface area contributed by atoms with Crippen molar-refractivity contribution in [3.8, 4) is 5.75 Å². The molecule has 8 nitrogen and oxygen atoms in total. The molecule has 1 fully saturated rings. The fourth-order valence-electron chi connectivity index (χ4n) is 2.96. The zero-order chi connectivity index (χ0) is 19.9. The van der Waals surface area contributed by atoms with Crippen LogP contribution in [0.25, 0.3) is 0 Å². The zero-order valence-corrected chi connectivity index (χ0v) is 16.1. The normalized spacial score (nSPS) is 13.8. The molecule has 0 saturated carbocycles. The van der Waals surface area contributed by atoms with Crippen molar-refractivity contribution >= 4 is 23.4 Å². The molecule has 0 bridgehead atoms. The number of methoxy groups -OCH3 is 1. The van der Waals surface area contributed by atoms with Gasteiger partial charge in [-0.2, -0.15) is 0 Å². The van der Waals surface area contributed by atoms with Crippen LogP contribution in [-0.2, 0) is 4.74 Å². The van der Waals surface area contributed by atoms with Gasteiger partial charge in [0, 0.05) is 49.8 Å². The van der Waals surface area contributed by atoms with E-state index in [0.29, 0.717) is 38.5 Å². The number of carbonyl (C=O) groups excluding carboxylic acids is 2. The van der Waals surface area contributed by atoms with Crippen molar-refractivity contribution < 1.29 is 19.1 Å². The summed E-state index contributed by atoms with van der Waals surface area (Å²) < 4.78 is 10.2. The van der Waals surface area contributed by atoms with Crippen molar-refractivity contribution in [2.45, 2.75) is 6.92 Å². The molecule has 2 heterocycles. The largest absolute Gasteiger partial charge is 0.497 e. The van der Waals surface area contributed by atoms with E-state index in [2.05, 4.69) is 10.3 Å². The standard InChI is InChI=1S/C20H24N4O4/c1-3-28-20(26)24-11-9-23(10-12-24)19(25)18-14-16(7-8-21-18)22-15-5-4-6-17(13-15)27-2/h4-8,13-14H,3,9-12H2,1-2H3,(H,21,22). The molecule has 1 aliphatic rings. The minimum atomic E-state index is -0.336. The Hall–Kier alpha value is -3.29. The topological polar surface area (TPSA) is 84.0 Å². The molecule has 0 spiro atoms. The number of ether oxygens (including phenoxy) is 2. The van der Waals surface area contributed by atoms with Gasteiger partial charge in [0.2, 0.25) is 0 Å². The van der Waals surface area contributed by atoms with Gasteiger partial charge in [-0.1, -0.05) is 6.07 Å². The maximum absolute atomic E-state index is 12.8. The third-order valence-corrected chi connectivity index (χ3v) is 4.43. The van der Waals surface area contributed by atoms with Crippen molar-refractivity contribution in [1.82, 2.24) is 14.8 Å². The predicted molar refractivity (Wildman–Crippen MR) is 105 cm³/mol. The van der Waals surface area contributed by atoms with E-state index < -0.39 is 0 Å². The van der Waals surface area contributed by atoms with Gasteiger partial charge in [0.05, 0.1) is 13.7 Å². The van der Waals surface area contributed by atoms with E-state index in [1.807, 2.05) is 24.3 Å². The summed E-state index contributed by atoms with van der Waals surface area (Å²) in [6.07, 6.45) is 1.27. The van der Waals surface area contributed by atoms with E-state index in [-0.39, 0.29) is 12.0 Å². The molecule has 0 atom stereocenters. The molecule has 1 aromatic heterocycles. The van der Waals surface area contributed by atoms with Crippen LogP contribution in [0.15, 0.2) is 42.6 Å². The van der Waals surface area contributed by atoms with Crippen LogP contribution >= 0.6 is 0 Å². The Kier molecular flexibility index (Phi) is 6.31. The highest BCUT2D eigenvalue weighted by molar-refractivity contribution is 5.93. The number of hydrogen-bond acceptors (Lipinski definition) is 6. The van der Waals surface area contributed by atoms with E-state index >= 15 is 0 Å². The number of benzene rings is 1. The summed E-state index contributed by atoms with van der Waals surface area (Å²) >= 11 is 0. The first kappa shape index (κ1) is 19.5. The van der Waals surface area contributed by atoms with Gasteiger partial charge in [-0.15, -0.1) is 0 Å². The maximum Gasteiger partial charge on any atom is 0.409 e. The number of nitrogens with one attached hydrogen (secondary N) is 1. The molecule has 1 aromatic carbocycles. The van der Waals surface area contributed by atoms with Gasteiger partial charge in [-0.25, -0.2) is 4.79 Å². The summed E-state index contributed by atoms with van der Waals surface area (Å²) in [5.74, 6) is 0.590. The molecule has 2 amide bonds. The third-order valence-electron chi connectivity index (χ3n) is 4.43. The van der Waals surface area contributed by atoms with E-state index in [1.54, 1.807) is 42.2 Å². The summed E-state index contributed by atoms with van der Waals surface area (Å²) in [5, 5.41) is 3.25. The highest BCUT2D eigenvalue weighted by atomic mass is 16.6. The second kappa shape index (κ2) is 9.07. The van der Waals surface area contributed by atoms with Crippen LogP contribution < -0.4 is 10.1 Å². The van der Waals surface area contributed by atoms with E-state index in [4.69, 9.17) is 9.47 Å². The second-order valence-corrected chi connectivity index (χ2v) is 6.26. The van der Waals surface area contributed by atoms with Crippen molar-refractivity contribution in [1.29, 1.82) is 0 Å². The summed E-state index contributed by atoms with van der Waals surface area (Å²) in [7, 11) is 1.62. The molecule has 8 heteroatoms. The summed E-state index contributed by atoms with van der Waals surface area (Å²) in [6, 6.07) is 11.1. The molecule has 0 radical (unpaired) electrons. The lowest BCUT2D eigenvalue weighted by Crippen LogP contribution is -2.50. The van der Waals surface area contributed by atoms with Crippen LogP contribution in [-0.4, -0.2) is 66.7 Å². The fraction of sp³-hybridized carbons (Fsp3) is 0.350. The molecule has 2 aromatic rings.